The fourth-order valence-corrected chi connectivity index (χ4v) is 3.19. The predicted molar refractivity (Wildman–Crippen MR) is 126 cm³/mol. The maximum atomic E-state index is 14.0. The van der Waals surface area contributed by atoms with Crippen LogP contribution in [0.15, 0.2) is 59.6 Å². The monoisotopic (exact) mass is 517 g/mol. The summed E-state index contributed by atoms with van der Waals surface area (Å²) in [6, 6.07) is 10.3. The van der Waals surface area contributed by atoms with Crippen molar-refractivity contribution in [2.75, 3.05) is 4.42 Å². The second-order valence-electron chi connectivity index (χ2n) is 7.30. The van der Waals surface area contributed by atoms with Crippen molar-refractivity contribution in [2.24, 2.45) is 16.5 Å². The summed E-state index contributed by atoms with van der Waals surface area (Å²) in [4.78, 5) is 32.2. The summed E-state index contributed by atoms with van der Waals surface area (Å²) in [5, 5.41) is 0. The first-order chi connectivity index (χ1) is 16.8. The van der Waals surface area contributed by atoms with Crippen LogP contribution in [0.1, 0.15) is 43.1 Å². The van der Waals surface area contributed by atoms with Gasteiger partial charge in [-0.15, -0.1) is 0 Å². The number of benzene rings is 2. The molecule has 12 heteroatoms. The van der Waals surface area contributed by atoms with Crippen molar-refractivity contribution >= 4 is 35.4 Å². The number of guanidine groups is 1. The number of alkyl halides is 3. The van der Waals surface area contributed by atoms with Gasteiger partial charge in [-0.3, -0.25) is 9.59 Å². The number of nitrogens with two attached hydrogens (primary N) is 2. The van der Waals surface area contributed by atoms with E-state index in [-0.39, 0.29) is 22.5 Å². The third-order valence-corrected chi connectivity index (χ3v) is 4.86. The van der Waals surface area contributed by atoms with Crippen molar-refractivity contribution in [3.05, 3.63) is 93.9 Å². The lowest BCUT2D eigenvalue weighted by Gasteiger charge is -2.17. The number of carbonyl (C=O) groups is 2. The van der Waals surface area contributed by atoms with Crippen molar-refractivity contribution in [2.45, 2.75) is 13.1 Å². The number of aryl methyl sites for hydroxylation is 1. The first-order valence-electron chi connectivity index (χ1n) is 9.97. The second kappa shape index (κ2) is 10.5. The quantitative estimate of drug-likeness (QED) is 0.178. The minimum absolute atomic E-state index is 0.00465. The Kier molecular flexibility index (Phi) is 7.60. The summed E-state index contributed by atoms with van der Waals surface area (Å²) >= 11 is 6.03. The number of rotatable bonds is 3. The molecule has 0 fully saturated rings. The summed E-state index contributed by atoms with van der Waals surface area (Å²) < 4.78 is 55.3. The van der Waals surface area contributed by atoms with Gasteiger partial charge in [-0.2, -0.15) is 22.6 Å². The van der Waals surface area contributed by atoms with Crippen LogP contribution in [0.25, 0.3) is 0 Å². The molecule has 0 unspecified atom stereocenters. The number of hydrogen-bond donors (Lipinski definition) is 2. The largest absolute Gasteiger partial charge is 0.417 e. The number of pyridine rings is 1. The molecular weight excluding hydrogens is 502 g/mol. The molecule has 0 saturated carbocycles. The molecule has 3 rings (SSSR count). The van der Waals surface area contributed by atoms with Crippen molar-refractivity contribution in [3.8, 4) is 11.8 Å². The number of amides is 2. The Balaban J connectivity index is 2.03. The molecule has 0 spiro atoms. The van der Waals surface area contributed by atoms with E-state index in [0.717, 1.165) is 24.3 Å². The van der Waals surface area contributed by atoms with Crippen LogP contribution in [-0.4, -0.2) is 22.8 Å². The van der Waals surface area contributed by atoms with Crippen LogP contribution in [0.2, 0.25) is 0 Å². The molecule has 0 aliphatic rings. The van der Waals surface area contributed by atoms with E-state index >= 15 is 0 Å². The van der Waals surface area contributed by atoms with Gasteiger partial charge in [-0.25, -0.2) is 9.37 Å². The van der Waals surface area contributed by atoms with Crippen molar-refractivity contribution in [3.63, 3.8) is 0 Å². The second-order valence-corrected chi connectivity index (χ2v) is 7.64. The minimum atomic E-state index is -4.86. The highest BCUT2D eigenvalue weighted by atomic mass is 35.5. The normalized spacial score (nSPS) is 10.7. The average molecular weight is 518 g/mol. The smallest absolute Gasteiger partial charge is 0.370 e. The molecular formula is C24H16ClF4N5O2. The molecule has 184 valence electrons. The van der Waals surface area contributed by atoms with E-state index in [1.807, 2.05) is 0 Å². The first-order valence-corrected chi connectivity index (χ1v) is 10.3. The maximum Gasteiger partial charge on any atom is 0.417 e. The van der Waals surface area contributed by atoms with Gasteiger partial charge in [0, 0.05) is 34.2 Å². The molecule has 1 aromatic heterocycles. The molecule has 0 saturated heterocycles. The summed E-state index contributed by atoms with van der Waals surface area (Å²) in [7, 11) is 0. The number of hydrogen-bond acceptors (Lipinski definition) is 3. The zero-order chi connectivity index (χ0) is 26.6. The van der Waals surface area contributed by atoms with Crippen molar-refractivity contribution in [1.82, 2.24) is 4.98 Å². The van der Waals surface area contributed by atoms with Crippen LogP contribution in [0, 0.1) is 24.6 Å². The van der Waals surface area contributed by atoms with Crippen molar-refractivity contribution < 1.29 is 27.2 Å². The van der Waals surface area contributed by atoms with Crippen LogP contribution < -0.4 is 15.9 Å². The minimum Gasteiger partial charge on any atom is -0.370 e. The maximum absolute atomic E-state index is 14.0. The Labute approximate surface area is 207 Å². The molecule has 1 heterocycles. The highest BCUT2D eigenvalue weighted by Crippen LogP contribution is 2.34. The SMILES string of the molecule is Cc1cccc(N(Cl)C(=O)c2cc(C#Cc3cc(F)cc(C(=O)N=C(N)N)c3)ccc2C(F)(F)F)n1. The standard InChI is InChI=1S/C24H16ClF4N5O2/c1-13-3-2-4-20(32-13)34(25)22(36)18-11-14(7-8-19(18)24(27,28)29)5-6-15-9-16(12-17(26)10-15)21(35)33-23(30)31/h2-4,7-12H,1H3,(H4,30,31,33,35). The van der Waals surface area contributed by atoms with Gasteiger partial charge in [-0.05, 0) is 55.5 Å². The van der Waals surface area contributed by atoms with E-state index in [4.69, 9.17) is 23.2 Å². The lowest BCUT2D eigenvalue weighted by atomic mass is 10.0. The van der Waals surface area contributed by atoms with E-state index in [9.17, 15) is 27.2 Å². The predicted octanol–water partition coefficient (Wildman–Crippen LogP) is 4.16. The van der Waals surface area contributed by atoms with E-state index in [1.54, 1.807) is 13.0 Å². The Morgan fingerprint density at radius 2 is 1.72 bits per heavy atom. The zero-order valence-corrected chi connectivity index (χ0v) is 19.2. The van der Waals surface area contributed by atoms with Gasteiger partial charge in [-0.1, -0.05) is 17.9 Å². The topological polar surface area (TPSA) is 115 Å². The first kappa shape index (κ1) is 26.2. The summed E-state index contributed by atoms with van der Waals surface area (Å²) in [6.45, 7) is 1.62. The van der Waals surface area contributed by atoms with E-state index < -0.39 is 40.9 Å². The molecule has 0 radical (unpaired) electrons. The molecule has 7 nitrogen and oxygen atoms in total. The molecule has 36 heavy (non-hydrogen) atoms. The molecule has 0 atom stereocenters. The Hall–Kier alpha value is -4.43. The van der Waals surface area contributed by atoms with E-state index in [1.165, 1.54) is 18.2 Å². The van der Waals surface area contributed by atoms with E-state index in [0.29, 0.717) is 16.2 Å². The lowest BCUT2D eigenvalue weighted by molar-refractivity contribution is -0.137. The Morgan fingerprint density at radius 3 is 2.36 bits per heavy atom. The fraction of sp³-hybridized carbons (Fsp3) is 0.0833. The van der Waals surface area contributed by atoms with Gasteiger partial charge in [0.25, 0.3) is 11.8 Å². The van der Waals surface area contributed by atoms with Crippen LogP contribution in [0.4, 0.5) is 23.4 Å². The van der Waals surface area contributed by atoms with Gasteiger partial charge in [0.05, 0.1) is 11.1 Å². The third kappa shape index (κ3) is 6.37. The zero-order valence-electron chi connectivity index (χ0n) is 18.4. The Bertz CT molecular complexity index is 1440. The Morgan fingerprint density at radius 1 is 1.03 bits per heavy atom. The van der Waals surface area contributed by atoms with Crippen LogP contribution >= 0.6 is 11.8 Å². The van der Waals surface area contributed by atoms with Crippen LogP contribution in [0.5, 0.6) is 0 Å². The molecule has 2 aromatic carbocycles. The lowest BCUT2D eigenvalue weighted by Crippen LogP contribution is -2.25. The van der Waals surface area contributed by atoms with Crippen LogP contribution in [0.3, 0.4) is 0 Å². The van der Waals surface area contributed by atoms with Gasteiger partial charge in [0.1, 0.15) is 5.82 Å². The molecule has 3 aromatic rings. The number of halogens is 5. The van der Waals surface area contributed by atoms with Gasteiger partial charge < -0.3 is 11.5 Å². The molecule has 0 bridgehead atoms. The fourth-order valence-electron chi connectivity index (χ4n) is 3.01. The highest BCUT2D eigenvalue weighted by molar-refractivity contribution is 6.39. The van der Waals surface area contributed by atoms with Gasteiger partial charge >= 0.3 is 6.18 Å². The van der Waals surface area contributed by atoms with Gasteiger partial charge in [0.2, 0.25) is 0 Å². The molecule has 0 aliphatic heterocycles. The number of anilines is 1. The van der Waals surface area contributed by atoms with Crippen LogP contribution in [-0.2, 0) is 6.18 Å². The molecule has 2 amide bonds. The molecule has 4 N–H and O–H groups in total. The number of nitrogens with zero attached hydrogens (tertiary/aromatic N) is 3. The van der Waals surface area contributed by atoms with E-state index in [2.05, 4.69) is 21.8 Å². The summed E-state index contributed by atoms with van der Waals surface area (Å²) in [5.41, 5.74) is 8.61. The van der Waals surface area contributed by atoms with Crippen molar-refractivity contribution in [1.29, 1.82) is 0 Å². The number of aromatic nitrogens is 1. The molecule has 0 aliphatic carbocycles. The summed E-state index contributed by atoms with van der Waals surface area (Å²) in [6.07, 6.45) is -4.86. The summed E-state index contributed by atoms with van der Waals surface area (Å²) in [5.74, 6) is 1.59. The highest BCUT2D eigenvalue weighted by Gasteiger charge is 2.36. The average Bonchev–Trinajstić information content (AvgIpc) is 2.80. The number of aliphatic imine (C=N–C) groups is 1. The van der Waals surface area contributed by atoms with Gasteiger partial charge in [0.15, 0.2) is 11.8 Å². The number of carbonyl (C=O) groups excluding carboxylic acids is 2. The third-order valence-electron chi connectivity index (χ3n) is 4.54.